The van der Waals surface area contributed by atoms with Crippen molar-refractivity contribution in [3.8, 4) is 0 Å². The number of halogens is 1. The van der Waals surface area contributed by atoms with E-state index in [1.54, 1.807) is 36.7 Å². The Bertz CT molecular complexity index is 1230. The quantitative estimate of drug-likeness (QED) is 0.508. The summed E-state index contributed by atoms with van der Waals surface area (Å²) < 4.78 is 33.9. The molecule has 0 bridgehead atoms. The molecule has 0 atom stereocenters. The smallest absolute Gasteiger partial charge is 0.340 e. The van der Waals surface area contributed by atoms with Crippen LogP contribution in [-0.4, -0.2) is 37.9 Å². The zero-order valence-corrected chi connectivity index (χ0v) is 19.8. The number of thiophene rings is 1. The van der Waals surface area contributed by atoms with E-state index in [4.69, 9.17) is 16.3 Å². The number of hydrogen-bond acceptors (Lipinski definition) is 7. The molecule has 0 fully saturated rings. The summed E-state index contributed by atoms with van der Waals surface area (Å²) in [6, 6.07) is 10.9. The summed E-state index contributed by atoms with van der Waals surface area (Å²) in [7, 11) is -2.67. The van der Waals surface area contributed by atoms with Crippen LogP contribution in [0.3, 0.4) is 0 Å². The van der Waals surface area contributed by atoms with Crippen LogP contribution in [0.4, 0.5) is 0 Å². The largest absolute Gasteiger partial charge is 0.465 e. The highest BCUT2D eigenvalue weighted by molar-refractivity contribution is 7.91. The SMILES string of the molecule is COC(=O)c1c(S(=O)(=O)NCc2cccc(Cl)c2)sc2c1CCN(Cc1ccncc1)C2. The van der Waals surface area contributed by atoms with Crippen molar-refractivity contribution < 1.29 is 17.9 Å². The number of benzene rings is 1. The maximum Gasteiger partial charge on any atom is 0.340 e. The maximum atomic E-state index is 13.2. The molecule has 0 amide bonds. The average Bonchev–Trinajstić information content (AvgIpc) is 3.18. The molecule has 0 aliphatic carbocycles. The van der Waals surface area contributed by atoms with E-state index >= 15 is 0 Å². The summed E-state index contributed by atoms with van der Waals surface area (Å²) in [6.45, 7) is 2.07. The number of fused-ring (bicyclic) bond motifs is 1. The number of ether oxygens (including phenoxy) is 1. The zero-order chi connectivity index (χ0) is 22.7. The first-order valence-electron chi connectivity index (χ1n) is 9.95. The molecule has 168 valence electrons. The van der Waals surface area contributed by atoms with Crippen LogP contribution in [-0.2, 0) is 40.8 Å². The molecule has 3 heterocycles. The van der Waals surface area contributed by atoms with E-state index in [9.17, 15) is 13.2 Å². The third kappa shape index (κ3) is 5.02. The molecule has 0 unspecified atom stereocenters. The van der Waals surface area contributed by atoms with Crippen molar-refractivity contribution in [1.82, 2.24) is 14.6 Å². The Kier molecular flexibility index (Phi) is 6.92. The molecule has 0 saturated heterocycles. The Labute approximate surface area is 196 Å². The number of carbonyl (C=O) groups is 1. The van der Waals surface area contributed by atoms with Crippen LogP contribution < -0.4 is 4.72 Å². The Hall–Kier alpha value is -2.30. The van der Waals surface area contributed by atoms with E-state index in [2.05, 4.69) is 14.6 Å². The van der Waals surface area contributed by atoms with Crippen LogP contribution in [0, 0.1) is 0 Å². The Morgan fingerprint density at radius 3 is 2.75 bits per heavy atom. The summed E-state index contributed by atoms with van der Waals surface area (Å²) in [6.07, 6.45) is 4.08. The fraction of sp³-hybridized carbons (Fsp3) is 0.273. The van der Waals surface area contributed by atoms with Crippen molar-refractivity contribution >= 4 is 38.9 Å². The molecule has 2 aromatic heterocycles. The minimum absolute atomic E-state index is 0.00198. The van der Waals surface area contributed by atoms with Gasteiger partial charge in [-0.2, -0.15) is 0 Å². The Balaban J connectivity index is 1.60. The van der Waals surface area contributed by atoms with Gasteiger partial charge in [-0.15, -0.1) is 11.3 Å². The second-order valence-corrected chi connectivity index (χ2v) is 10.9. The molecule has 0 spiro atoms. The third-order valence-corrected chi connectivity index (χ3v) is 8.62. The molecule has 32 heavy (non-hydrogen) atoms. The van der Waals surface area contributed by atoms with Gasteiger partial charge in [0.1, 0.15) is 4.21 Å². The fourth-order valence-electron chi connectivity index (χ4n) is 3.70. The molecule has 1 aromatic carbocycles. The number of esters is 1. The van der Waals surface area contributed by atoms with Gasteiger partial charge in [0, 0.05) is 48.5 Å². The normalized spacial score (nSPS) is 14.2. The predicted octanol–water partition coefficient (Wildman–Crippen LogP) is 3.62. The van der Waals surface area contributed by atoms with Gasteiger partial charge in [-0.25, -0.2) is 17.9 Å². The van der Waals surface area contributed by atoms with Crippen molar-refractivity contribution in [2.75, 3.05) is 13.7 Å². The second-order valence-electron chi connectivity index (χ2n) is 7.43. The van der Waals surface area contributed by atoms with Crippen molar-refractivity contribution in [3.63, 3.8) is 0 Å². The molecule has 10 heteroatoms. The molecule has 1 aliphatic rings. The predicted molar refractivity (Wildman–Crippen MR) is 123 cm³/mol. The monoisotopic (exact) mass is 491 g/mol. The lowest BCUT2D eigenvalue weighted by Crippen LogP contribution is -2.30. The first-order chi connectivity index (χ1) is 15.4. The molecule has 4 rings (SSSR count). The minimum atomic E-state index is -3.93. The highest BCUT2D eigenvalue weighted by atomic mass is 35.5. The summed E-state index contributed by atoms with van der Waals surface area (Å²) in [5, 5.41) is 0.526. The number of rotatable bonds is 7. The zero-order valence-electron chi connectivity index (χ0n) is 17.4. The standard InChI is InChI=1S/C22H22ClN3O4S2/c1-30-21(27)20-18-7-10-26(13-15-5-8-24-9-6-15)14-19(18)31-22(20)32(28,29)25-12-16-3-2-4-17(23)11-16/h2-6,8-9,11,25H,7,10,12-14H2,1H3. The van der Waals surface area contributed by atoms with Gasteiger partial charge in [0.25, 0.3) is 10.0 Å². The highest BCUT2D eigenvalue weighted by Crippen LogP contribution is 2.37. The van der Waals surface area contributed by atoms with E-state index in [0.717, 1.165) is 39.4 Å². The summed E-state index contributed by atoms with van der Waals surface area (Å²) in [4.78, 5) is 19.7. The van der Waals surface area contributed by atoms with Gasteiger partial charge in [-0.05, 0) is 47.4 Å². The first-order valence-corrected chi connectivity index (χ1v) is 12.6. The summed E-state index contributed by atoms with van der Waals surface area (Å²) >= 11 is 7.13. The molecule has 0 saturated carbocycles. The van der Waals surface area contributed by atoms with Crippen molar-refractivity contribution in [3.05, 3.63) is 80.9 Å². The van der Waals surface area contributed by atoms with Crippen molar-refractivity contribution in [1.29, 1.82) is 0 Å². The maximum absolute atomic E-state index is 13.2. The van der Waals surface area contributed by atoms with Crippen LogP contribution in [0.2, 0.25) is 5.02 Å². The molecular formula is C22H22ClN3O4S2. The van der Waals surface area contributed by atoms with Gasteiger partial charge in [0.2, 0.25) is 0 Å². The Morgan fingerprint density at radius 2 is 2.03 bits per heavy atom. The molecule has 7 nitrogen and oxygen atoms in total. The Morgan fingerprint density at radius 1 is 1.25 bits per heavy atom. The number of hydrogen-bond donors (Lipinski definition) is 1. The molecule has 1 aliphatic heterocycles. The highest BCUT2D eigenvalue weighted by Gasteiger charge is 2.34. The minimum Gasteiger partial charge on any atom is -0.465 e. The van der Waals surface area contributed by atoms with Gasteiger partial charge in [0.05, 0.1) is 12.7 Å². The molecule has 0 radical (unpaired) electrons. The lowest BCUT2D eigenvalue weighted by Gasteiger charge is -2.27. The van der Waals surface area contributed by atoms with Crippen molar-refractivity contribution in [2.24, 2.45) is 0 Å². The lowest BCUT2D eigenvalue weighted by molar-refractivity contribution is 0.0595. The number of sulfonamides is 1. The number of nitrogens with zero attached hydrogens (tertiary/aromatic N) is 2. The van der Waals surface area contributed by atoms with E-state index < -0.39 is 16.0 Å². The fourth-order valence-corrected chi connectivity index (χ4v) is 6.90. The van der Waals surface area contributed by atoms with Crippen LogP contribution >= 0.6 is 22.9 Å². The van der Waals surface area contributed by atoms with E-state index in [1.807, 2.05) is 12.1 Å². The van der Waals surface area contributed by atoms with E-state index in [0.29, 0.717) is 24.5 Å². The number of pyridine rings is 1. The number of carbonyl (C=O) groups excluding carboxylic acids is 1. The average molecular weight is 492 g/mol. The van der Waals surface area contributed by atoms with Crippen LogP contribution in [0.25, 0.3) is 0 Å². The molecule has 1 N–H and O–H groups in total. The van der Waals surface area contributed by atoms with Gasteiger partial charge in [0.15, 0.2) is 0 Å². The van der Waals surface area contributed by atoms with Gasteiger partial charge < -0.3 is 4.74 Å². The first kappa shape index (κ1) is 22.9. The van der Waals surface area contributed by atoms with Crippen LogP contribution in [0.1, 0.15) is 31.9 Å². The van der Waals surface area contributed by atoms with Crippen molar-refractivity contribution in [2.45, 2.75) is 30.3 Å². The molecular weight excluding hydrogens is 470 g/mol. The lowest BCUT2D eigenvalue weighted by atomic mass is 10.0. The van der Waals surface area contributed by atoms with Crippen LogP contribution in [0.15, 0.2) is 53.0 Å². The van der Waals surface area contributed by atoms with Gasteiger partial charge in [-0.3, -0.25) is 9.88 Å². The second kappa shape index (κ2) is 9.68. The van der Waals surface area contributed by atoms with Gasteiger partial charge >= 0.3 is 5.97 Å². The topological polar surface area (TPSA) is 88.6 Å². The summed E-state index contributed by atoms with van der Waals surface area (Å²) in [5.74, 6) is -0.631. The number of methoxy groups -OCH3 is 1. The number of nitrogens with one attached hydrogen (secondary N) is 1. The number of aromatic nitrogens is 1. The van der Waals surface area contributed by atoms with Crippen LogP contribution in [0.5, 0.6) is 0 Å². The van der Waals surface area contributed by atoms with E-state index in [1.165, 1.54) is 7.11 Å². The molecule has 3 aromatic rings. The van der Waals surface area contributed by atoms with E-state index in [-0.39, 0.29) is 16.3 Å². The van der Waals surface area contributed by atoms with Gasteiger partial charge in [-0.1, -0.05) is 23.7 Å². The summed E-state index contributed by atoms with van der Waals surface area (Å²) in [5.41, 5.74) is 2.76. The third-order valence-electron chi connectivity index (χ3n) is 5.25.